The van der Waals surface area contributed by atoms with Gasteiger partial charge in [-0.05, 0) is 36.8 Å². The van der Waals surface area contributed by atoms with E-state index >= 15 is 0 Å². The fourth-order valence-electron chi connectivity index (χ4n) is 3.55. The summed E-state index contributed by atoms with van der Waals surface area (Å²) in [6, 6.07) is 13.1. The molecule has 190 valence electrons. The molecule has 11 heteroatoms. The fraction of sp³-hybridized carbons (Fsp3) is 0.417. The Morgan fingerprint density at radius 3 is 2.29 bits per heavy atom. The lowest BCUT2D eigenvalue weighted by atomic mass is 10.1. The summed E-state index contributed by atoms with van der Waals surface area (Å²) in [5.41, 5.74) is 0.633. The van der Waals surface area contributed by atoms with Gasteiger partial charge in [-0.15, -0.1) is 0 Å². The zero-order chi connectivity index (χ0) is 25.3. The van der Waals surface area contributed by atoms with Crippen LogP contribution < -0.4 is 9.46 Å². The summed E-state index contributed by atoms with van der Waals surface area (Å²) in [4.78, 5) is 26.8. The Morgan fingerprint density at radius 2 is 1.69 bits per heavy atom. The fourth-order valence-corrected chi connectivity index (χ4v) is 4.73. The topological polar surface area (TPSA) is 120 Å². The van der Waals surface area contributed by atoms with Crippen LogP contribution in [0.5, 0.6) is 5.75 Å². The van der Waals surface area contributed by atoms with Crippen LogP contribution in [-0.4, -0.2) is 77.9 Å². The van der Waals surface area contributed by atoms with E-state index in [2.05, 4.69) is 4.72 Å². The van der Waals surface area contributed by atoms with E-state index in [-0.39, 0.29) is 23.8 Å². The first-order valence-electron chi connectivity index (χ1n) is 11.2. The van der Waals surface area contributed by atoms with Crippen LogP contribution in [0.15, 0.2) is 59.5 Å². The molecule has 0 saturated carbocycles. The molecule has 10 nitrogen and oxygen atoms in total. The molecule has 0 aromatic heterocycles. The molecule has 2 atom stereocenters. The molecule has 0 amide bonds. The van der Waals surface area contributed by atoms with Crippen molar-refractivity contribution in [3.63, 3.8) is 0 Å². The molecule has 0 spiro atoms. The van der Waals surface area contributed by atoms with Crippen LogP contribution in [0, 0.1) is 0 Å². The van der Waals surface area contributed by atoms with Crippen LogP contribution >= 0.6 is 0 Å². The molecule has 1 unspecified atom stereocenters. The first kappa shape index (κ1) is 26.8. The Bertz CT molecular complexity index is 1070. The van der Waals surface area contributed by atoms with Gasteiger partial charge >= 0.3 is 11.9 Å². The number of hydrogen-bond donors (Lipinski definition) is 1. The number of carbonyl (C=O) groups is 2. The van der Waals surface area contributed by atoms with Crippen molar-refractivity contribution < 1.29 is 37.0 Å². The molecule has 1 N–H and O–H groups in total. The molecule has 0 radical (unpaired) electrons. The second kappa shape index (κ2) is 12.8. The summed E-state index contributed by atoms with van der Waals surface area (Å²) >= 11 is 0. The van der Waals surface area contributed by atoms with E-state index in [4.69, 9.17) is 18.9 Å². The highest BCUT2D eigenvalue weighted by Crippen LogP contribution is 2.22. The highest BCUT2D eigenvalue weighted by atomic mass is 32.2. The maximum absolute atomic E-state index is 13.0. The van der Waals surface area contributed by atoms with Gasteiger partial charge in [-0.25, -0.2) is 13.2 Å². The number of methoxy groups -OCH3 is 1. The molecule has 1 aliphatic rings. The molecule has 35 heavy (non-hydrogen) atoms. The normalized spacial score (nSPS) is 16.3. The third kappa shape index (κ3) is 7.58. The Labute approximate surface area is 205 Å². The minimum absolute atomic E-state index is 0.0834. The lowest BCUT2D eigenvalue weighted by Gasteiger charge is -2.29. The second-order valence-electron chi connectivity index (χ2n) is 7.76. The number of benzene rings is 2. The molecule has 0 aliphatic carbocycles. The maximum atomic E-state index is 13.0. The summed E-state index contributed by atoms with van der Waals surface area (Å²) in [6.07, 6.45) is -0.924. The minimum Gasteiger partial charge on any atom is -0.465 e. The van der Waals surface area contributed by atoms with Crippen LogP contribution in [-0.2, 0) is 33.8 Å². The summed E-state index contributed by atoms with van der Waals surface area (Å²) in [6.45, 7) is 4.14. The molecule has 1 aliphatic heterocycles. The molecular weight excluding hydrogens is 476 g/mol. The molecule has 1 heterocycles. The largest absolute Gasteiger partial charge is 0.465 e. The van der Waals surface area contributed by atoms with Gasteiger partial charge in [-0.3, -0.25) is 9.69 Å². The summed E-state index contributed by atoms with van der Waals surface area (Å²) in [5.74, 6) is -1.14. The minimum atomic E-state index is -4.06. The highest BCUT2D eigenvalue weighted by Gasteiger charge is 2.30. The molecule has 1 fully saturated rings. The number of ether oxygens (including phenoxy) is 4. The molecule has 1 saturated heterocycles. The van der Waals surface area contributed by atoms with Crippen LogP contribution in [0.3, 0.4) is 0 Å². The quantitative estimate of drug-likeness (QED) is 0.357. The standard InChI is InChI=1S/C24H30N2O8S/c1-3-33-23(27)21(17-26-13-15-32-16-14-26)25-35(29,30)20-11-9-19(10-12-20)34-24(28)22(31-2)18-7-5-4-6-8-18/h4-12,21-22,25H,3,13-17H2,1-2H3/t21-,22?/m0/s1. The Kier molecular flexibility index (Phi) is 9.75. The molecule has 2 aromatic carbocycles. The zero-order valence-corrected chi connectivity index (χ0v) is 20.5. The Hall–Kier alpha value is -2.83. The van der Waals surface area contributed by atoms with Gasteiger partial charge in [0, 0.05) is 26.7 Å². The van der Waals surface area contributed by atoms with E-state index < -0.39 is 34.1 Å². The van der Waals surface area contributed by atoms with Crippen LogP contribution in [0.4, 0.5) is 0 Å². The van der Waals surface area contributed by atoms with Crippen LogP contribution in [0.1, 0.15) is 18.6 Å². The highest BCUT2D eigenvalue weighted by molar-refractivity contribution is 7.89. The van der Waals surface area contributed by atoms with Crippen molar-refractivity contribution in [1.29, 1.82) is 0 Å². The average Bonchev–Trinajstić information content (AvgIpc) is 2.86. The zero-order valence-electron chi connectivity index (χ0n) is 19.7. The first-order valence-corrected chi connectivity index (χ1v) is 12.7. The lowest BCUT2D eigenvalue weighted by molar-refractivity contribution is -0.146. The lowest BCUT2D eigenvalue weighted by Crippen LogP contribution is -2.51. The monoisotopic (exact) mass is 506 g/mol. The van der Waals surface area contributed by atoms with Crippen LogP contribution in [0.25, 0.3) is 0 Å². The Balaban J connectivity index is 1.68. The smallest absolute Gasteiger partial charge is 0.345 e. The van der Waals surface area contributed by atoms with Gasteiger partial charge in [0.1, 0.15) is 11.8 Å². The van der Waals surface area contributed by atoms with Gasteiger partial charge in [-0.2, -0.15) is 4.72 Å². The van der Waals surface area contributed by atoms with Gasteiger partial charge < -0.3 is 18.9 Å². The molecule has 0 bridgehead atoms. The maximum Gasteiger partial charge on any atom is 0.345 e. The van der Waals surface area contributed by atoms with Crippen molar-refractivity contribution in [3.8, 4) is 5.75 Å². The average molecular weight is 507 g/mol. The molecule has 2 aromatic rings. The number of morpholine rings is 1. The summed E-state index contributed by atoms with van der Waals surface area (Å²) < 4.78 is 49.4. The second-order valence-corrected chi connectivity index (χ2v) is 9.47. The number of nitrogens with one attached hydrogen (secondary N) is 1. The first-order chi connectivity index (χ1) is 16.8. The van der Waals surface area contributed by atoms with E-state index in [1.54, 1.807) is 31.2 Å². The van der Waals surface area contributed by atoms with E-state index in [0.717, 1.165) is 0 Å². The van der Waals surface area contributed by atoms with Gasteiger partial charge in [0.2, 0.25) is 10.0 Å². The summed E-state index contributed by atoms with van der Waals surface area (Å²) in [5, 5.41) is 0. The van der Waals surface area contributed by atoms with E-state index in [1.807, 2.05) is 11.0 Å². The number of hydrogen-bond acceptors (Lipinski definition) is 9. The van der Waals surface area contributed by atoms with Gasteiger partial charge in [0.05, 0.1) is 24.7 Å². The summed E-state index contributed by atoms with van der Waals surface area (Å²) in [7, 11) is -2.66. The molecule has 3 rings (SSSR count). The van der Waals surface area contributed by atoms with Gasteiger partial charge in [0.25, 0.3) is 0 Å². The number of esters is 2. The van der Waals surface area contributed by atoms with Crippen molar-refractivity contribution in [1.82, 2.24) is 9.62 Å². The van der Waals surface area contributed by atoms with E-state index in [0.29, 0.717) is 31.9 Å². The van der Waals surface area contributed by atoms with E-state index in [1.165, 1.54) is 31.4 Å². The van der Waals surface area contributed by atoms with Crippen molar-refractivity contribution >= 4 is 22.0 Å². The SMILES string of the molecule is CCOC(=O)[C@H](CN1CCOCC1)NS(=O)(=O)c1ccc(OC(=O)C(OC)c2ccccc2)cc1. The van der Waals surface area contributed by atoms with Gasteiger partial charge in [-0.1, -0.05) is 30.3 Å². The van der Waals surface area contributed by atoms with E-state index in [9.17, 15) is 18.0 Å². The molecular formula is C24H30N2O8S. The van der Waals surface area contributed by atoms with Crippen molar-refractivity contribution in [3.05, 3.63) is 60.2 Å². The number of nitrogens with zero attached hydrogens (tertiary/aromatic N) is 1. The Morgan fingerprint density at radius 1 is 1.03 bits per heavy atom. The number of rotatable bonds is 11. The van der Waals surface area contributed by atoms with Crippen molar-refractivity contribution in [2.45, 2.75) is 24.0 Å². The third-order valence-corrected chi connectivity index (χ3v) is 6.81. The third-order valence-electron chi connectivity index (χ3n) is 5.32. The number of sulfonamides is 1. The predicted molar refractivity (Wildman–Crippen MR) is 126 cm³/mol. The number of carbonyl (C=O) groups excluding carboxylic acids is 2. The van der Waals surface area contributed by atoms with Crippen molar-refractivity contribution in [2.75, 3.05) is 46.6 Å². The van der Waals surface area contributed by atoms with Gasteiger partial charge in [0.15, 0.2) is 6.10 Å². The predicted octanol–water partition coefficient (Wildman–Crippen LogP) is 1.52. The van der Waals surface area contributed by atoms with Crippen molar-refractivity contribution in [2.24, 2.45) is 0 Å². The van der Waals surface area contributed by atoms with Crippen LogP contribution in [0.2, 0.25) is 0 Å².